The number of carbonyl (C=O) groups is 3. The molecule has 25 heavy (non-hydrogen) atoms. The van der Waals surface area contributed by atoms with Crippen molar-refractivity contribution in [1.82, 2.24) is 15.5 Å². The van der Waals surface area contributed by atoms with E-state index in [-0.39, 0.29) is 18.2 Å². The van der Waals surface area contributed by atoms with E-state index in [1.807, 2.05) is 12.1 Å². The Morgan fingerprint density at radius 2 is 1.72 bits per heavy atom. The molecule has 7 nitrogen and oxygen atoms in total. The number of hydrogen-bond acceptors (Lipinski definition) is 4. The summed E-state index contributed by atoms with van der Waals surface area (Å²) in [5.74, 6) is -0.391. The molecule has 1 aromatic rings. The number of rotatable bonds is 4. The first-order valence-corrected chi connectivity index (χ1v) is 8.78. The molecular formula is C16H18Cl2N4O3. The Morgan fingerprint density at radius 1 is 1.08 bits per heavy atom. The summed E-state index contributed by atoms with van der Waals surface area (Å²) in [4.78, 5) is 38.8. The molecule has 9 heteroatoms. The summed E-state index contributed by atoms with van der Waals surface area (Å²) in [6.07, 6.45) is 0.530. The van der Waals surface area contributed by atoms with Crippen molar-refractivity contribution >= 4 is 46.7 Å². The van der Waals surface area contributed by atoms with Crippen LogP contribution >= 0.6 is 23.2 Å². The molecule has 2 saturated heterocycles. The highest BCUT2D eigenvalue weighted by Gasteiger charge is 2.30. The van der Waals surface area contributed by atoms with Gasteiger partial charge in [0.05, 0.1) is 0 Å². The third kappa shape index (κ3) is 4.35. The van der Waals surface area contributed by atoms with Crippen LogP contribution in [-0.4, -0.2) is 55.0 Å². The fraction of sp³-hybridized carbons (Fsp3) is 0.438. The number of nitrogens with zero attached hydrogens (tertiary/aromatic N) is 2. The molecule has 0 aliphatic carbocycles. The standard InChI is InChI=1S/C16H18Cl2N4O3/c17-10-7-11(18)9-12(8-10)21-3-5-22(6-4-21)14(23)2-1-13-15(24)20-16(25)19-13/h7-9,13H,1-6H2,(H2,19,20,24,25)/t13-/m1/s1. The van der Waals surface area contributed by atoms with E-state index in [0.717, 1.165) is 5.69 Å². The summed E-state index contributed by atoms with van der Waals surface area (Å²) in [5.41, 5.74) is 0.940. The highest BCUT2D eigenvalue weighted by Crippen LogP contribution is 2.26. The van der Waals surface area contributed by atoms with Crippen molar-refractivity contribution in [3.05, 3.63) is 28.2 Å². The molecule has 0 bridgehead atoms. The number of anilines is 1. The molecule has 2 N–H and O–H groups in total. The largest absolute Gasteiger partial charge is 0.368 e. The van der Waals surface area contributed by atoms with E-state index in [0.29, 0.717) is 42.6 Å². The van der Waals surface area contributed by atoms with Crippen LogP contribution in [0.25, 0.3) is 0 Å². The van der Waals surface area contributed by atoms with Gasteiger partial charge in [0.1, 0.15) is 6.04 Å². The molecule has 1 aromatic carbocycles. The number of nitrogens with one attached hydrogen (secondary N) is 2. The van der Waals surface area contributed by atoms with Crippen LogP contribution in [0.1, 0.15) is 12.8 Å². The SMILES string of the molecule is O=C1NC(=O)[C@@H](CCC(=O)N2CCN(c3cc(Cl)cc(Cl)c3)CC2)N1. The number of imide groups is 1. The molecular weight excluding hydrogens is 367 g/mol. The second kappa shape index (κ2) is 7.49. The van der Waals surface area contributed by atoms with E-state index >= 15 is 0 Å². The van der Waals surface area contributed by atoms with Crippen molar-refractivity contribution in [3.63, 3.8) is 0 Å². The van der Waals surface area contributed by atoms with Crippen LogP contribution in [-0.2, 0) is 9.59 Å². The molecule has 1 atom stereocenters. The number of urea groups is 1. The number of hydrogen-bond donors (Lipinski definition) is 2. The molecule has 0 unspecified atom stereocenters. The smallest absolute Gasteiger partial charge is 0.322 e. The van der Waals surface area contributed by atoms with E-state index in [9.17, 15) is 14.4 Å². The summed E-state index contributed by atoms with van der Waals surface area (Å²) < 4.78 is 0. The molecule has 2 aliphatic heterocycles. The second-order valence-electron chi connectivity index (χ2n) is 6.05. The number of halogens is 2. The van der Waals surface area contributed by atoms with Crippen LogP contribution in [0.2, 0.25) is 10.0 Å². The van der Waals surface area contributed by atoms with E-state index in [1.165, 1.54) is 0 Å². The van der Waals surface area contributed by atoms with Gasteiger partial charge in [-0.3, -0.25) is 14.9 Å². The van der Waals surface area contributed by atoms with Crippen molar-refractivity contribution in [3.8, 4) is 0 Å². The molecule has 0 radical (unpaired) electrons. The Labute approximate surface area is 155 Å². The van der Waals surface area contributed by atoms with E-state index in [4.69, 9.17) is 23.2 Å². The normalized spacial score (nSPS) is 20.5. The molecule has 2 aliphatic rings. The zero-order valence-corrected chi connectivity index (χ0v) is 14.9. The zero-order chi connectivity index (χ0) is 18.0. The van der Waals surface area contributed by atoms with Crippen LogP contribution in [0.4, 0.5) is 10.5 Å². The lowest BCUT2D eigenvalue weighted by molar-refractivity contribution is -0.131. The van der Waals surface area contributed by atoms with Crippen molar-refractivity contribution in [2.75, 3.05) is 31.1 Å². The predicted molar refractivity (Wildman–Crippen MR) is 95.0 cm³/mol. The molecule has 0 spiro atoms. The maximum Gasteiger partial charge on any atom is 0.322 e. The van der Waals surface area contributed by atoms with E-state index < -0.39 is 12.1 Å². The van der Waals surface area contributed by atoms with Gasteiger partial charge in [-0.1, -0.05) is 23.2 Å². The van der Waals surface area contributed by atoms with Gasteiger partial charge in [-0.15, -0.1) is 0 Å². The van der Waals surface area contributed by atoms with Gasteiger partial charge in [0.2, 0.25) is 5.91 Å². The minimum absolute atomic E-state index is 0.0160. The highest BCUT2D eigenvalue weighted by molar-refractivity contribution is 6.35. The quantitative estimate of drug-likeness (QED) is 0.772. The average Bonchev–Trinajstić information content (AvgIpc) is 2.89. The van der Waals surface area contributed by atoms with Crippen molar-refractivity contribution in [2.24, 2.45) is 0 Å². The summed E-state index contributed by atoms with van der Waals surface area (Å²) in [5, 5.41) is 5.82. The Bertz CT molecular complexity index is 684. The minimum atomic E-state index is -0.619. The number of benzene rings is 1. The van der Waals surface area contributed by atoms with E-state index in [1.54, 1.807) is 11.0 Å². The van der Waals surface area contributed by atoms with Crippen LogP contribution in [0.3, 0.4) is 0 Å². The Balaban J connectivity index is 1.49. The highest BCUT2D eigenvalue weighted by atomic mass is 35.5. The third-order valence-corrected chi connectivity index (χ3v) is 4.79. The first-order chi connectivity index (χ1) is 11.9. The Kier molecular flexibility index (Phi) is 5.34. The molecule has 0 saturated carbocycles. The summed E-state index contributed by atoms with van der Waals surface area (Å²) in [6.45, 7) is 2.55. The van der Waals surface area contributed by atoms with Crippen LogP contribution < -0.4 is 15.5 Å². The lowest BCUT2D eigenvalue weighted by Crippen LogP contribution is -2.49. The molecule has 2 fully saturated rings. The van der Waals surface area contributed by atoms with Gasteiger partial charge in [0, 0.05) is 48.3 Å². The maximum absolute atomic E-state index is 12.3. The third-order valence-electron chi connectivity index (χ3n) is 4.35. The Hall–Kier alpha value is -1.99. The fourth-order valence-electron chi connectivity index (χ4n) is 3.02. The zero-order valence-electron chi connectivity index (χ0n) is 13.4. The van der Waals surface area contributed by atoms with Gasteiger partial charge < -0.3 is 15.1 Å². The van der Waals surface area contributed by atoms with E-state index in [2.05, 4.69) is 15.5 Å². The number of amides is 4. The van der Waals surface area contributed by atoms with Crippen molar-refractivity contribution in [1.29, 1.82) is 0 Å². The predicted octanol–water partition coefficient (Wildman–Crippen LogP) is 1.63. The van der Waals surface area contributed by atoms with Crippen LogP contribution in [0.5, 0.6) is 0 Å². The monoisotopic (exact) mass is 384 g/mol. The van der Waals surface area contributed by atoms with Crippen LogP contribution in [0, 0.1) is 0 Å². The number of piperazine rings is 1. The first-order valence-electron chi connectivity index (χ1n) is 8.02. The summed E-state index contributed by atoms with van der Waals surface area (Å²) >= 11 is 12.1. The van der Waals surface area contributed by atoms with Gasteiger partial charge in [-0.05, 0) is 24.6 Å². The summed E-state index contributed by atoms with van der Waals surface area (Å²) in [7, 11) is 0. The molecule has 4 amide bonds. The summed E-state index contributed by atoms with van der Waals surface area (Å²) in [6, 6.07) is 4.27. The average molecular weight is 385 g/mol. The minimum Gasteiger partial charge on any atom is -0.368 e. The van der Waals surface area contributed by atoms with Gasteiger partial charge in [-0.2, -0.15) is 0 Å². The fourth-order valence-corrected chi connectivity index (χ4v) is 3.54. The molecule has 3 rings (SSSR count). The molecule has 2 heterocycles. The van der Waals surface area contributed by atoms with Crippen LogP contribution in [0.15, 0.2) is 18.2 Å². The van der Waals surface area contributed by atoms with Crippen molar-refractivity contribution in [2.45, 2.75) is 18.9 Å². The van der Waals surface area contributed by atoms with Gasteiger partial charge in [0.15, 0.2) is 0 Å². The lowest BCUT2D eigenvalue weighted by atomic mass is 10.1. The first kappa shape index (κ1) is 17.8. The van der Waals surface area contributed by atoms with Gasteiger partial charge in [-0.25, -0.2) is 4.79 Å². The topological polar surface area (TPSA) is 81.8 Å². The second-order valence-corrected chi connectivity index (χ2v) is 6.92. The van der Waals surface area contributed by atoms with Gasteiger partial charge in [0.25, 0.3) is 5.91 Å². The molecule has 0 aromatic heterocycles. The van der Waals surface area contributed by atoms with Crippen molar-refractivity contribution < 1.29 is 14.4 Å². The lowest BCUT2D eigenvalue weighted by Gasteiger charge is -2.36. The number of carbonyl (C=O) groups excluding carboxylic acids is 3. The van der Waals surface area contributed by atoms with Gasteiger partial charge >= 0.3 is 6.03 Å². The molecule has 134 valence electrons. The maximum atomic E-state index is 12.3. The Morgan fingerprint density at radius 3 is 2.28 bits per heavy atom.